The van der Waals surface area contributed by atoms with E-state index in [4.69, 9.17) is 23.7 Å². The van der Waals surface area contributed by atoms with E-state index in [0.717, 1.165) is 12.8 Å². The number of fused-ring (bicyclic) bond motifs is 5. The van der Waals surface area contributed by atoms with Crippen molar-refractivity contribution in [1.82, 2.24) is 0 Å². The smallest absolute Gasteiger partial charge is 0.186 e. The molecule has 2 aliphatic heterocycles. The predicted octanol–water partition coefficient (Wildman–Crippen LogP) is 0.192. The van der Waals surface area contributed by atoms with Crippen molar-refractivity contribution in [2.45, 2.75) is 177 Å². The summed E-state index contributed by atoms with van der Waals surface area (Å²) in [6.45, 7) is 9.80. The second-order valence-corrected chi connectivity index (χ2v) is 18.2. The van der Waals surface area contributed by atoms with Crippen LogP contribution < -0.4 is 0 Å². The average Bonchev–Trinajstić information content (AvgIpc) is 3.52. The molecule has 4 aliphatic carbocycles. The van der Waals surface area contributed by atoms with Crippen molar-refractivity contribution in [3.63, 3.8) is 0 Å². The molecule has 0 aromatic carbocycles. The molecule has 2 saturated heterocycles. The Labute approximate surface area is 307 Å². The molecule has 302 valence electrons. The number of aliphatic hydroxyl groups is 9. The summed E-state index contributed by atoms with van der Waals surface area (Å²) in [5, 5.41) is 99.5. The van der Waals surface area contributed by atoms with Gasteiger partial charge in [0.15, 0.2) is 12.6 Å². The van der Waals surface area contributed by atoms with Crippen molar-refractivity contribution in [3.05, 3.63) is 0 Å². The molecule has 10 unspecified atom stereocenters. The maximum absolute atomic E-state index is 12.8. The second kappa shape index (κ2) is 15.1. The Morgan fingerprint density at radius 1 is 0.846 bits per heavy atom. The Morgan fingerprint density at radius 2 is 1.56 bits per heavy atom. The molecule has 0 aromatic rings. The topological polar surface area (TPSA) is 228 Å². The van der Waals surface area contributed by atoms with Gasteiger partial charge in [0.05, 0.1) is 48.8 Å². The highest BCUT2D eigenvalue weighted by Crippen LogP contribution is 2.70. The third kappa shape index (κ3) is 6.61. The minimum absolute atomic E-state index is 0.0753. The van der Waals surface area contributed by atoms with Crippen molar-refractivity contribution >= 4 is 0 Å². The minimum atomic E-state index is -1.58. The van der Waals surface area contributed by atoms with Crippen LogP contribution in [0, 0.1) is 40.4 Å². The molecule has 4 saturated carbocycles. The summed E-state index contributed by atoms with van der Waals surface area (Å²) in [7, 11) is 1.40. The van der Waals surface area contributed by atoms with Crippen molar-refractivity contribution in [3.8, 4) is 0 Å². The molecule has 6 fully saturated rings. The summed E-state index contributed by atoms with van der Waals surface area (Å²) >= 11 is 0. The van der Waals surface area contributed by atoms with E-state index in [1.807, 2.05) is 20.8 Å². The van der Waals surface area contributed by atoms with Crippen LogP contribution in [0.2, 0.25) is 0 Å². The number of hydrogen-bond acceptors (Lipinski definition) is 14. The lowest BCUT2D eigenvalue weighted by molar-refractivity contribution is -0.333. The van der Waals surface area contributed by atoms with Crippen molar-refractivity contribution in [2.75, 3.05) is 20.3 Å². The molecule has 14 heteroatoms. The molecule has 14 nitrogen and oxygen atoms in total. The maximum atomic E-state index is 12.8. The molecule has 2 heterocycles. The van der Waals surface area contributed by atoms with Crippen LogP contribution in [0.25, 0.3) is 0 Å². The van der Waals surface area contributed by atoms with Gasteiger partial charge in [0.25, 0.3) is 0 Å². The number of ether oxygens (including phenoxy) is 5. The first-order valence-corrected chi connectivity index (χ1v) is 19.6. The molecule has 20 atom stereocenters. The van der Waals surface area contributed by atoms with Gasteiger partial charge >= 0.3 is 0 Å². The van der Waals surface area contributed by atoms with E-state index in [2.05, 4.69) is 13.8 Å². The van der Waals surface area contributed by atoms with Crippen molar-refractivity contribution in [1.29, 1.82) is 0 Å². The van der Waals surface area contributed by atoms with Gasteiger partial charge in [-0.15, -0.1) is 0 Å². The van der Waals surface area contributed by atoms with Gasteiger partial charge in [-0.25, -0.2) is 0 Å². The first-order valence-electron chi connectivity index (χ1n) is 19.6. The summed E-state index contributed by atoms with van der Waals surface area (Å²) < 4.78 is 29.0. The number of rotatable bonds is 11. The van der Waals surface area contributed by atoms with Gasteiger partial charge in [-0.3, -0.25) is 0 Å². The largest absolute Gasteiger partial charge is 0.394 e. The van der Waals surface area contributed by atoms with Crippen molar-refractivity contribution in [2.24, 2.45) is 40.4 Å². The summed E-state index contributed by atoms with van der Waals surface area (Å²) in [6.07, 6.45) is -7.24. The van der Waals surface area contributed by atoms with Gasteiger partial charge in [0, 0.05) is 31.3 Å². The number of hydrogen-bond donors (Lipinski definition) is 9. The molecule has 0 aromatic heterocycles. The molecular weight excluding hydrogens is 680 g/mol. The standard InChI is InChI=1S/C38H66O14/c1-18(2)24(51-33-30(45)29(44)25(16-39)52-33)8-7-19(3)21-13-22(40)32-35(21,4)11-10-26-36(5)12-9-20(14-38(36,47)27(42)15-37(26,32)46)50-34-31(48-6)28(43)23(41)17-49-34/h18-34,39-47H,7-17H2,1-6H3/t19-,20+,21-,22+,23?,24+,25?,26?,27-,28?,29?,30?,31?,32?,33?,34?,35-,36-,37+,38+/m1/s1. The van der Waals surface area contributed by atoms with Crippen LogP contribution in [0.3, 0.4) is 0 Å². The minimum Gasteiger partial charge on any atom is -0.394 e. The van der Waals surface area contributed by atoms with Crippen LogP contribution >= 0.6 is 0 Å². The van der Waals surface area contributed by atoms with E-state index >= 15 is 0 Å². The molecule has 0 amide bonds. The maximum Gasteiger partial charge on any atom is 0.186 e. The highest BCUT2D eigenvalue weighted by molar-refractivity contribution is 5.24. The monoisotopic (exact) mass is 746 g/mol. The first-order chi connectivity index (χ1) is 24.4. The quantitative estimate of drug-likeness (QED) is 0.129. The summed E-state index contributed by atoms with van der Waals surface area (Å²) in [5.41, 5.74) is -4.29. The van der Waals surface area contributed by atoms with Gasteiger partial charge in [0.2, 0.25) is 0 Å². The first kappa shape index (κ1) is 41.1. The lowest BCUT2D eigenvalue weighted by Gasteiger charge is -2.68. The molecule has 52 heavy (non-hydrogen) atoms. The van der Waals surface area contributed by atoms with E-state index in [9.17, 15) is 46.0 Å². The zero-order valence-corrected chi connectivity index (χ0v) is 31.7. The average molecular weight is 747 g/mol. The van der Waals surface area contributed by atoms with Crippen LogP contribution in [0.5, 0.6) is 0 Å². The third-order valence-electron chi connectivity index (χ3n) is 15.1. The fraction of sp³-hybridized carbons (Fsp3) is 1.00. The van der Waals surface area contributed by atoms with Gasteiger partial charge in [-0.05, 0) is 74.0 Å². The second-order valence-electron chi connectivity index (χ2n) is 18.2. The van der Waals surface area contributed by atoms with Gasteiger partial charge < -0.3 is 69.6 Å². The van der Waals surface area contributed by atoms with Crippen LogP contribution in [0.15, 0.2) is 0 Å². The summed E-state index contributed by atoms with van der Waals surface area (Å²) in [5.74, 6) is -0.571. The normalized spacial score (nSPS) is 53.3. The highest BCUT2D eigenvalue weighted by Gasteiger charge is 2.74. The Balaban J connectivity index is 1.14. The Morgan fingerprint density at radius 3 is 2.19 bits per heavy atom. The van der Waals surface area contributed by atoms with E-state index in [1.54, 1.807) is 0 Å². The number of aliphatic hydroxyl groups excluding tert-OH is 7. The van der Waals surface area contributed by atoms with Crippen molar-refractivity contribution < 1.29 is 69.6 Å². The summed E-state index contributed by atoms with van der Waals surface area (Å²) in [6, 6.07) is 0. The van der Waals surface area contributed by atoms with E-state index in [1.165, 1.54) is 7.11 Å². The van der Waals surface area contributed by atoms with E-state index in [-0.39, 0.29) is 49.2 Å². The fourth-order valence-electron chi connectivity index (χ4n) is 12.1. The van der Waals surface area contributed by atoms with Crippen LogP contribution in [0.1, 0.15) is 92.4 Å². The molecule has 6 aliphatic rings. The molecule has 0 radical (unpaired) electrons. The van der Waals surface area contributed by atoms with Gasteiger partial charge in [0.1, 0.15) is 36.6 Å². The van der Waals surface area contributed by atoms with Crippen LogP contribution in [-0.2, 0) is 23.7 Å². The molecule has 0 bridgehead atoms. The molecule has 9 N–H and O–H groups in total. The van der Waals surface area contributed by atoms with Crippen LogP contribution in [0.4, 0.5) is 0 Å². The number of methoxy groups -OCH3 is 1. The van der Waals surface area contributed by atoms with E-state index in [0.29, 0.717) is 32.1 Å². The third-order valence-corrected chi connectivity index (χ3v) is 15.1. The van der Waals surface area contributed by atoms with Crippen LogP contribution in [-0.4, -0.2) is 151 Å². The predicted molar refractivity (Wildman–Crippen MR) is 184 cm³/mol. The SMILES string of the molecule is COC1C(O[C@H]2CC[C@]3(C)C4CC[C@@]5(C)C([C@@H](O)C[C@@H]5[C@H](C)CC[C@H](OC5OC(CO)C(O)C5O)C(C)C)[C@]4(O)C[C@@H](O)[C@@]3(O)C2)OCC(O)C1O. The fourth-order valence-corrected chi connectivity index (χ4v) is 12.1. The summed E-state index contributed by atoms with van der Waals surface area (Å²) in [4.78, 5) is 0. The zero-order chi connectivity index (χ0) is 38.1. The molecule has 6 rings (SSSR count). The van der Waals surface area contributed by atoms with E-state index < -0.39 is 102 Å². The Hall–Kier alpha value is -0.560. The molecular formula is C38H66O14. The molecule has 0 spiro atoms. The Bertz CT molecular complexity index is 1230. The van der Waals surface area contributed by atoms with Gasteiger partial charge in [-0.2, -0.15) is 0 Å². The highest BCUT2D eigenvalue weighted by atomic mass is 16.7. The lowest BCUT2D eigenvalue weighted by atomic mass is 9.40. The zero-order valence-electron chi connectivity index (χ0n) is 31.7. The van der Waals surface area contributed by atoms with Gasteiger partial charge in [-0.1, -0.05) is 34.6 Å². The lowest BCUT2D eigenvalue weighted by Crippen LogP contribution is -2.75. The Kier molecular flexibility index (Phi) is 11.9.